The maximum Gasteiger partial charge on any atom is 0.193 e. The average molecular weight is 739 g/mol. The molecule has 6 nitrogen and oxygen atoms in total. The maximum atomic E-state index is 7.35. The fraction of sp³-hybridized carbons (Fsp3) is 0.0204. The van der Waals surface area contributed by atoms with Crippen LogP contribution in [0.2, 0.25) is 0 Å². The maximum absolute atomic E-state index is 7.35. The molecule has 1 aliphatic heterocycles. The van der Waals surface area contributed by atoms with Crippen LogP contribution in [0.1, 0.15) is 0 Å². The van der Waals surface area contributed by atoms with Crippen molar-refractivity contribution in [1.82, 2.24) is 19.1 Å². The zero-order chi connectivity index (χ0) is 37.2. The number of benzene rings is 7. The highest BCUT2D eigenvalue weighted by Crippen LogP contribution is 2.45. The molecule has 0 radical (unpaired) electrons. The lowest BCUT2D eigenvalue weighted by Crippen LogP contribution is -2.76. The highest BCUT2D eigenvalue weighted by atomic mass is 28.3. The number of nitrogens with zero attached hydrogens (tertiary/aromatic N) is 4. The minimum absolute atomic E-state index is 0.708. The highest BCUT2D eigenvalue weighted by Gasteiger charge is 2.51. The molecular weight excluding hydrogens is 705 g/mol. The Morgan fingerprint density at radius 1 is 0.607 bits per heavy atom. The van der Waals surface area contributed by atoms with Gasteiger partial charge in [0.05, 0.1) is 27.5 Å². The van der Waals surface area contributed by atoms with E-state index >= 15 is 0 Å². The third-order valence-electron chi connectivity index (χ3n) is 11.2. The Hall–Kier alpha value is -7.22. The fourth-order valence-electron chi connectivity index (χ4n) is 8.82. The molecule has 7 aromatic carbocycles. The third-order valence-corrected chi connectivity index (χ3v) is 16.0. The third kappa shape index (κ3) is 4.74. The van der Waals surface area contributed by atoms with Crippen LogP contribution in [0.25, 0.3) is 50.0 Å². The van der Waals surface area contributed by atoms with Gasteiger partial charge in [-0.25, -0.2) is 9.97 Å². The summed E-state index contributed by atoms with van der Waals surface area (Å²) in [6.45, 7) is 0. The van der Waals surface area contributed by atoms with Gasteiger partial charge < -0.3 is 14.0 Å². The van der Waals surface area contributed by atoms with E-state index in [0.717, 1.165) is 72.5 Å². The number of rotatable bonds is 6. The van der Waals surface area contributed by atoms with Crippen molar-refractivity contribution in [3.05, 3.63) is 188 Å². The molecule has 0 unspecified atom stereocenters. The standard InChI is InChI=1S/C49H34N4O2Si/c1-52-40-26-11-9-24-38(40)51-49(52)33-17-16-18-34(31-33)54-43-32-41-46(37-23-8-10-25-39(37)53(41)45-29-14-15-30-50-45)47-48(43)56(35-19-4-2-5-20-35,36-21-6-3-7-22-36)44-28-13-12-27-42(44)55-47/h2-32H,1H3. The van der Waals surface area contributed by atoms with Crippen LogP contribution < -0.4 is 30.2 Å². The van der Waals surface area contributed by atoms with Crippen molar-refractivity contribution < 1.29 is 9.47 Å². The van der Waals surface area contributed by atoms with Crippen molar-refractivity contribution >= 4 is 61.7 Å². The molecule has 0 spiro atoms. The number of aryl methyl sites for hydroxylation is 1. The first kappa shape index (κ1) is 32.2. The van der Waals surface area contributed by atoms with Crippen LogP contribution in [0.3, 0.4) is 0 Å². The van der Waals surface area contributed by atoms with Crippen LogP contribution in [0.15, 0.2) is 188 Å². The van der Waals surface area contributed by atoms with E-state index < -0.39 is 8.07 Å². The zero-order valence-electron chi connectivity index (χ0n) is 30.5. The fourth-order valence-corrected chi connectivity index (χ4v) is 13.9. The van der Waals surface area contributed by atoms with Crippen molar-refractivity contribution in [3.63, 3.8) is 0 Å². The average Bonchev–Trinajstić information content (AvgIpc) is 3.78. The summed E-state index contributed by atoms with van der Waals surface area (Å²) in [5.74, 6) is 4.81. The van der Waals surface area contributed by atoms with Crippen LogP contribution in [0.4, 0.5) is 0 Å². The summed E-state index contributed by atoms with van der Waals surface area (Å²) in [6.07, 6.45) is 1.84. The second kappa shape index (κ2) is 12.7. The van der Waals surface area contributed by atoms with Crippen LogP contribution >= 0.6 is 0 Å². The van der Waals surface area contributed by atoms with Gasteiger partial charge in [-0.05, 0) is 64.1 Å². The summed E-state index contributed by atoms with van der Waals surface area (Å²) in [4.78, 5) is 9.88. The largest absolute Gasteiger partial charge is 0.457 e. The predicted molar refractivity (Wildman–Crippen MR) is 228 cm³/mol. The number of fused-ring (bicyclic) bond motifs is 7. The van der Waals surface area contributed by atoms with E-state index in [4.69, 9.17) is 19.4 Å². The van der Waals surface area contributed by atoms with Gasteiger partial charge in [-0.15, -0.1) is 0 Å². The lowest BCUT2D eigenvalue weighted by Gasteiger charge is -2.40. The Labute approximate surface area is 324 Å². The summed E-state index contributed by atoms with van der Waals surface area (Å²) in [5, 5.41) is 6.85. The molecule has 0 fully saturated rings. The number of aromatic nitrogens is 4. The van der Waals surface area contributed by atoms with E-state index in [2.05, 4.69) is 162 Å². The summed E-state index contributed by atoms with van der Waals surface area (Å²) < 4.78 is 19.0. The van der Waals surface area contributed by atoms with Crippen LogP contribution in [0.5, 0.6) is 23.0 Å². The normalized spacial score (nSPS) is 13.0. The van der Waals surface area contributed by atoms with E-state index in [1.54, 1.807) is 0 Å². The van der Waals surface area contributed by atoms with E-state index in [9.17, 15) is 0 Å². The van der Waals surface area contributed by atoms with Gasteiger partial charge in [0.15, 0.2) is 8.07 Å². The Morgan fingerprint density at radius 2 is 1.30 bits per heavy atom. The Kier molecular flexibility index (Phi) is 7.30. The molecule has 56 heavy (non-hydrogen) atoms. The van der Waals surface area contributed by atoms with Crippen LogP contribution in [0, 0.1) is 0 Å². The molecule has 0 amide bonds. The van der Waals surface area contributed by atoms with Crippen molar-refractivity contribution in [1.29, 1.82) is 0 Å². The number of imidazole rings is 1. The quantitative estimate of drug-likeness (QED) is 0.160. The van der Waals surface area contributed by atoms with Crippen molar-refractivity contribution in [2.75, 3.05) is 0 Å². The molecule has 0 N–H and O–H groups in total. The number of hydrogen-bond donors (Lipinski definition) is 0. The van der Waals surface area contributed by atoms with Crippen molar-refractivity contribution in [3.8, 4) is 40.2 Å². The first-order chi connectivity index (χ1) is 27.7. The Balaban J connectivity index is 1.26. The number of ether oxygens (including phenoxy) is 2. The molecule has 0 aliphatic carbocycles. The lowest BCUT2D eigenvalue weighted by atomic mass is 10.1. The smallest absolute Gasteiger partial charge is 0.193 e. The molecule has 0 atom stereocenters. The second-order valence-electron chi connectivity index (χ2n) is 14.2. The zero-order valence-corrected chi connectivity index (χ0v) is 31.5. The lowest BCUT2D eigenvalue weighted by molar-refractivity contribution is 0.470. The molecule has 0 saturated carbocycles. The van der Waals surface area contributed by atoms with E-state index in [-0.39, 0.29) is 0 Å². The van der Waals surface area contributed by atoms with Gasteiger partial charge in [0, 0.05) is 35.4 Å². The monoisotopic (exact) mass is 738 g/mol. The van der Waals surface area contributed by atoms with Gasteiger partial charge in [-0.3, -0.25) is 4.57 Å². The predicted octanol–water partition coefficient (Wildman–Crippen LogP) is 9.01. The molecular formula is C49H34N4O2Si. The molecule has 7 heteroatoms. The number of pyridine rings is 1. The SMILES string of the molecule is Cn1c(-c2cccc(Oc3cc4c(c5c3[Si](c3ccccc3)(c3ccccc3)c3ccccc3O5)c3ccccc3n4-c3ccccn3)c2)nc2ccccc21. The minimum atomic E-state index is -3.15. The summed E-state index contributed by atoms with van der Waals surface area (Å²) in [6, 6.07) is 63.8. The van der Waals surface area contributed by atoms with Gasteiger partial charge in [-0.1, -0.05) is 127 Å². The van der Waals surface area contributed by atoms with Crippen molar-refractivity contribution in [2.45, 2.75) is 0 Å². The van der Waals surface area contributed by atoms with Gasteiger partial charge in [-0.2, -0.15) is 0 Å². The second-order valence-corrected chi connectivity index (χ2v) is 17.9. The molecule has 10 aromatic rings. The first-order valence-corrected chi connectivity index (χ1v) is 20.8. The van der Waals surface area contributed by atoms with Crippen molar-refractivity contribution in [2.24, 2.45) is 7.05 Å². The van der Waals surface area contributed by atoms with Crippen LogP contribution in [-0.4, -0.2) is 27.2 Å². The number of para-hydroxylation sites is 4. The van der Waals surface area contributed by atoms with E-state index in [0.29, 0.717) is 5.75 Å². The minimum Gasteiger partial charge on any atom is -0.457 e. The molecule has 0 bridgehead atoms. The van der Waals surface area contributed by atoms with Gasteiger partial charge >= 0.3 is 0 Å². The molecule has 3 aromatic heterocycles. The van der Waals surface area contributed by atoms with Gasteiger partial charge in [0.1, 0.15) is 34.6 Å². The van der Waals surface area contributed by atoms with E-state index in [1.165, 1.54) is 15.6 Å². The summed E-state index contributed by atoms with van der Waals surface area (Å²) in [5.41, 5.74) is 4.99. The summed E-state index contributed by atoms with van der Waals surface area (Å²) >= 11 is 0. The molecule has 1 aliphatic rings. The summed E-state index contributed by atoms with van der Waals surface area (Å²) in [7, 11) is -1.09. The molecule has 0 saturated heterocycles. The number of hydrogen-bond acceptors (Lipinski definition) is 4. The molecule has 11 rings (SSSR count). The molecule has 266 valence electrons. The van der Waals surface area contributed by atoms with Gasteiger partial charge in [0.2, 0.25) is 0 Å². The Bertz CT molecular complexity index is 3060. The van der Waals surface area contributed by atoms with Gasteiger partial charge in [0.25, 0.3) is 0 Å². The highest BCUT2D eigenvalue weighted by molar-refractivity contribution is 7.21. The molecule has 4 heterocycles. The topological polar surface area (TPSA) is 54.1 Å². The Morgan fingerprint density at radius 3 is 2.07 bits per heavy atom. The van der Waals surface area contributed by atoms with Crippen LogP contribution in [-0.2, 0) is 7.05 Å². The first-order valence-electron chi connectivity index (χ1n) is 18.8. The van der Waals surface area contributed by atoms with E-state index in [1.807, 2.05) is 42.6 Å².